The summed E-state index contributed by atoms with van der Waals surface area (Å²) < 4.78 is 2.90. The third-order valence-corrected chi connectivity index (χ3v) is 9.46. The lowest BCUT2D eigenvalue weighted by atomic mass is 9.99. The number of Topliss-reactive ketones (excluding diaryl/α,β-unsaturated/α-hetero) is 1. The number of aromatic nitrogens is 2. The van der Waals surface area contributed by atoms with Crippen LogP contribution in [0.3, 0.4) is 0 Å². The molecule has 0 saturated carbocycles. The topological polar surface area (TPSA) is 137 Å². The predicted molar refractivity (Wildman–Crippen MR) is 168 cm³/mol. The summed E-state index contributed by atoms with van der Waals surface area (Å²) in [6.07, 6.45) is 0.987. The molecule has 11 nitrogen and oxygen atoms in total. The number of carbonyl (C=O) groups is 3. The van der Waals surface area contributed by atoms with Crippen molar-refractivity contribution in [1.82, 2.24) is 29.6 Å². The van der Waals surface area contributed by atoms with Gasteiger partial charge in [-0.05, 0) is 76.0 Å². The zero-order valence-corrected chi connectivity index (χ0v) is 26.6. The summed E-state index contributed by atoms with van der Waals surface area (Å²) in [7, 11) is 2.05. The third kappa shape index (κ3) is 6.80. The summed E-state index contributed by atoms with van der Waals surface area (Å²) in [4.78, 5) is 61.9. The number of halogens is 2. The first kappa shape index (κ1) is 30.5. The van der Waals surface area contributed by atoms with Crippen molar-refractivity contribution in [2.45, 2.75) is 31.3 Å². The molecule has 0 aliphatic carbocycles. The monoisotopic (exact) mass is 703 g/mol. The Bertz CT molecular complexity index is 1520. The van der Waals surface area contributed by atoms with Crippen LogP contribution in [0.5, 0.6) is 0 Å². The zero-order valence-electron chi connectivity index (χ0n) is 23.4. The number of carbonyl (C=O) groups excluding carboxylic acids is 3. The molecule has 2 aliphatic heterocycles. The SMILES string of the molecule is CN1CCN(CC(=O)N[C@H](CC(=O)c2cc(Br)c(N)c(Br)c2)C(=O)N2CCC(n3c(=O)[nH]c4ccccc43)CC2)CC1. The van der Waals surface area contributed by atoms with Gasteiger partial charge in [0.25, 0.3) is 0 Å². The van der Waals surface area contributed by atoms with Crippen molar-refractivity contribution in [3.63, 3.8) is 0 Å². The van der Waals surface area contributed by atoms with Gasteiger partial charge in [-0.1, -0.05) is 12.1 Å². The number of anilines is 1. The molecule has 1 atom stereocenters. The number of amides is 2. The Morgan fingerprint density at radius 3 is 2.33 bits per heavy atom. The predicted octanol–water partition coefficient (Wildman–Crippen LogP) is 2.61. The minimum atomic E-state index is -1.01. The molecular formula is C29H35Br2N7O4. The summed E-state index contributed by atoms with van der Waals surface area (Å²) in [5.41, 5.74) is 8.30. The average molecular weight is 705 g/mol. The molecular weight excluding hydrogens is 670 g/mol. The van der Waals surface area contributed by atoms with E-state index in [0.717, 1.165) is 37.2 Å². The number of nitrogens with one attached hydrogen (secondary N) is 2. The van der Waals surface area contributed by atoms with Gasteiger partial charge >= 0.3 is 5.69 Å². The number of piperazine rings is 1. The first-order chi connectivity index (χ1) is 20.1. The molecule has 42 heavy (non-hydrogen) atoms. The molecule has 2 fully saturated rings. The number of piperidine rings is 1. The number of ketones is 1. The lowest BCUT2D eigenvalue weighted by molar-refractivity contribution is -0.137. The van der Waals surface area contributed by atoms with Gasteiger partial charge in [-0.15, -0.1) is 0 Å². The average Bonchev–Trinajstić information content (AvgIpc) is 3.31. The van der Waals surface area contributed by atoms with E-state index >= 15 is 0 Å². The highest BCUT2D eigenvalue weighted by molar-refractivity contribution is 9.11. The van der Waals surface area contributed by atoms with Gasteiger partial charge in [-0.2, -0.15) is 0 Å². The number of aromatic amines is 1. The van der Waals surface area contributed by atoms with E-state index in [-0.39, 0.29) is 42.3 Å². The van der Waals surface area contributed by atoms with Gasteiger partial charge in [0, 0.05) is 66.2 Å². The van der Waals surface area contributed by atoms with Crippen molar-refractivity contribution in [3.05, 3.63) is 61.4 Å². The highest BCUT2D eigenvalue weighted by Gasteiger charge is 2.33. The van der Waals surface area contributed by atoms with Crippen LogP contribution >= 0.6 is 31.9 Å². The van der Waals surface area contributed by atoms with Gasteiger partial charge in [-0.3, -0.25) is 23.9 Å². The van der Waals surface area contributed by atoms with Crippen molar-refractivity contribution < 1.29 is 14.4 Å². The van der Waals surface area contributed by atoms with Crippen LogP contribution in [0.1, 0.15) is 35.7 Å². The van der Waals surface area contributed by atoms with Gasteiger partial charge in [0.05, 0.1) is 23.3 Å². The van der Waals surface area contributed by atoms with Crippen LogP contribution in [-0.2, 0) is 9.59 Å². The maximum atomic E-state index is 13.8. The second-order valence-electron chi connectivity index (χ2n) is 11.1. The largest absolute Gasteiger partial charge is 0.397 e. The van der Waals surface area contributed by atoms with Crippen LogP contribution in [0.15, 0.2) is 50.1 Å². The summed E-state index contributed by atoms with van der Waals surface area (Å²) in [5, 5.41) is 2.87. The van der Waals surface area contributed by atoms with Gasteiger partial charge in [0.15, 0.2) is 5.78 Å². The first-order valence-corrected chi connectivity index (χ1v) is 15.7. The van der Waals surface area contributed by atoms with Gasteiger partial charge in [0.1, 0.15) is 6.04 Å². The number of nitrogen functional groups attached to an aromatic ring is 1. The molecule has 2 aliphatic rings. The summed E-state index contributed by atoms with van der Waals surface area (Å²) in [6, 6.07) is 9.74. The molecule has 3 aromatic rings. The Balaban J connectivity index is 1.29. The maximum Gasteiger partial charge on any atom is 0.326 e. The van der Waals surface area contributed by atoms with Crippen molar-refractivity contribution in [2.75, 3.05) is 58.6 Å². The minimum absolute atomic E-state index is 0.0610. The van der Waals surface area contributed by atoms with Crippen LogP contribution in [0.4, 0.5) is 5.69 Å². The fourth-order valence-electron chi connectivity index (χ4n) is 5.70. The van der Waals surface area contributed by atoms with E-state index < -0.39 is 6.04 Å². The minimum Gasteiger partial charge on any atom is -0.397 e. The molecule has 0 bridgehead atoms. The number of fused-ring (bicyclic) bond motifs is 1. The highest BCUT2D eigenvalue weighted by Crippen LogP contribution is 2.30. The van der Waals surface area contributed by atoms with Crippen LogP contribution in [0, 0.1) is 0 Å². The molecule has 0 spiro atoms. The highest BCUT2D eigenvalue weighted by atomic mass is 79.9. The number of rotatable bonds is 8. The number of likely N-dealkylation sites (tertiary alicyclic amines) is 1. The van der Waals surface area contributed by atoms with Crippen molar-refractivity contribution >= 4 is 66.2 Å². The second kappa shape index (κ2) is 13.1. The van der Waals surface area contributed by atoms with E-state index in [2.05, 4.69) is 52.0 Å². The van der Waals surface area contributed by atoms with Crippen molar-refractivity contribution in [1.29, 1.82) is 0 Å². The molecule has 3 heterocycles. The molecule has 0 unspecified atom stereocenters. The van der Waals surface area contributed by atoms with E-state index in [1.807, 2.05) is 31.3 Å². The maximum absolute atomic E-state index is 13.8. The number of nitrogens with zero attached hydrogens (tertiary/aromatic N) is 4. The zero-order chi connectivity index (χ0) is 30.0. The molecule has 1 aromatic heterocycles. The number of para-hydroxylation sites is 2. The number of hydrogen-bond donors (Lipinski definition) is 3. The quantitative estimate of drug-likeness (QED) is 0.242. The number of hydrogen-bond acceptors (Lipinski definition) is 7. The third-order valence-electron chi connectivity index (χ3n) is 8.15. The number of imidazole rings is 1. The molecule has 5 rings (SSSR count). The van der Waals surface area contributed by atoms with Gasteiger partial charge < -0.3 is 25.8 Å². The molecule has 13 heteroatoms. The Morgan fingerprint density at radius 2 is 1.67 bits per heavy atom. The van der Waals surface area contributed by atoms with Crippen molar-refractivity contribution in [3.8, 4) is 0 Å². The van der Waals surface area contributed by atoms with Crippen LogP contribution in [-0.4, -0.2) is 101 Å². The normalized spacial score (nSPS) is 17.8. The smallest absolute Gasteiger partial charge is 0.326 e. The molecule has 4 N–H and O–H groups in total. The van der Waals surface area contributed by atoms with E-state index in [1.165, 1.54) is 0 Å². The van der Waals surface area contributed by atoms with Gasteiger partial charge in [-0.25, -0.2) is 4.79 Å². The van der Waals surface area contributed by atoms with E-state index in [1.54, 1.807) is 21.6 Å². The number of H-pyrrole nitrogens is 1. The van der Waals surface area contributed by atoms with Crippen molar-refractivity contribution in [2.24, 2.45) is 0 Å². The fraction of sp³-hybridized carbons (Fsp3) is 0.448. The first-order valence-electron chi connectivity index (χ1n) is 14.1. The van der Waals surface area contributed by atoms with E-state index in [4.69, 9.17) is 5.73 Å². The lowest BCUT2D eigenvalue weighted by Gasteiger charge is -2.35. The molecule has 0 radical (unpaired) electrons. The van der Waals surface area contributed by atoms with E-state index in [0.29, 0.717) is 46.1 Å². The van der Waals surface area contributed by atoms with Gasteiger partial charge in [0.2, 0.25) is 11.8 Å². The Kier molecular flexibility index (Phi) is 9.50. The Labute approximate surface area is 260 Å². The summed E-state index contributed by atoms with van der Waals surface area (Å²) >= 11 is 6.75. The van der Waals surface area contributed by atoms with Crippen LogP contribution in [0.2, 0.25) is 0 Å². The summed E-state index contributed by atoms with van der Waals surface area (Å²) in [6.45, 7) is 4.23. The number of likely N-dealkylation sites (N-methyl/N-ethyl adjacent to an activating group) is 1. The molecule has 2 saturated heterocycles. The molecule has 2 aromatic carbocycles. The van der Waals surface area contributed by atoms with Crippen LogP contribution in [0.25, 0.3) is 11.0 Å². The fourth-order valence-corrected chi connectivity index (χ4v) is 6.89. The number of nitrogens with two attached hydrogens (primary N) is 1. The Hall–Kier alpha value is -3.00. The number of benzene rings is 2. The molecule has 224 valence electrons. The molecule has 2 amide bonds. The summed E-state index contributed by atoms with van der Waals surface area (Å²) in [5.74, 6) is -0.867. The van der Waals surface area contributed by atoms with Crippen LogP contribution < -0.4 is 16.7 Å². The second-order valence-corrected chi connectivity index (χ2v) is 12.8. The van der Waals surface area contributed by atoms with E-state index in [9.17, 15) is 19.2 Å². The lowest BCUT2D eigenvalue weighted by Crippen LogP contribution is -2.54. The standard InChI is InChI=1S/C29H35Br2N7O4/c1-35-10-12-36(13-11-35)17-26(40)33-23(16-25(39)18-14-20(30)27(32)21(31)15-18)28(41)37-8-6-19(7-9-37)38-24-5-3-2-4-22(24)34-29(38)42/h2-5,14-15,19,23H,6-13,16-17,32H2,1H3,(H,33,40)(H,34,42)/t23-/m1/s1. The Morgan fingerprint density at radius 1 is 1.02 bits per heavy atom.